The molecule has 0 bridgehead atoms. The molecule has 0 atom stereocenters. The van der Waals surface area contributed by atoms with Gasteiger partial charge in [-0.1, -0.05) is 104 Å². The average molecular weight is 1330 g/mol. The molecular weight excluding hydrogens is 1250 g/mol. The number of carbonyl (C=O) groups excluding carboxylic acids is 4. The number of aromatic nitrogens is 4. The molecule has 2 aliphatic rings. The van der Waals surface area contributed by atoms with E-state index in [9.17, 15) is 19.2 Å². The van der Waals surface area contributed by atoms with Gasteiger partial charge in [0.15, 0.2) is 30.0 Å². The number of nitrogens with zero attached hydrogens (tertiary/aromatic N) is 6. The maximum atomic E-state index is 13.9. The van der Waals surface area contributed by atoms with Crippen LogP contribution < -0.4 is 25.2 Å². The van der Waals surface area contributed by atoms with Crippen molar-refractivity contribution in [1.82, 2.24) is 19.9 Å². The number of pyridine rings is 2. The summed E-state index contributed by atoms with van der Waals surface area (Å²) in [5.74, 6) is 0.677. The zero-order valence-corrected chi connectivity index (χ0v) is 57.4. The molecule has 6 heterocycles. The molecule has 0 saturated heterocycles. The summed E-state index contributed by atoms with van der Waals surface area (Å²) in [6.45, 7) is 27.8. The zero-order valence-electron chi connectivity index (χ0n) is 53.1. The van der Waals surface area contributed by atoms with E-state index < -0.39 is 31.5 Å². The highest BCUT2D eigenvalue weighted by atomic mass is 79.9. The van der Waals surface area contributed by atoms with Crippen LogP contribution in [0.4, 0.5) is 21.9 Å². The summed E-state index contributed by atoms with van der Waals surface area (Å²) < 4.78 is 26.7. The van der Waals surface area contributed by atoms with Crippen LogP contribution in [0.1, 0.15) is 138 Å². The fourth-order valence-corrected chi connectivity index (χ4v) is 13.6. The molecule has 2 N–H and O–H groups in total. The van der Waals surface area contributed by atoms with E-state index >= 15 is 0 Å². The summed E-state index contributed by atoms with van der Waals surface area (Å²) in [6.07, 6.45) is 2.26. The summed E-state index contributed by atoms with van der Waals surface area (Å²) >= 11 is 6.33. The van der Waals surface area contributed by atoms with Gasteiger partial charge >= 0.3 is 11.9 Å². The van der Waals surface area contributed by atoms with Gasteiger partial charge in [-0.25, -0.2) is 29.5 Å². The number of hydrogen-bond donors (Lipinski definition) is 2. The summed E-state index contributed by atoms with van der Waals surface area (Å²) in [4.78, 5) is 76.4. The van der Waals surface area contributed by atoms with Crippen LogP contribution in [-0.4, -0.2) is 89.5 Å². The van der Waals surface area contributed by atoms with E-state index in [1.54, 1.807) is 0 Å². The van der Waals surface area contributed by atoms with Gasteiger partial charge < -0.3 is 28.4 Å². The number of halogens is 1. The molecule has 5 aromatic carbocycles. The molecule has 0 unspecified atom stereocenters. The first-order chi connectivity index (χ1) is 42.7. The van der Waals surface area contributed by atoms with Crippen LogP contribution in [0.3, 0.4) is 0 Å². The highest BCUT2D eigenvalue weighted by molar-refractivity contribution is 9.10. The standard InChI is InChI=1S/C43H52N4O5SSi.C27H25BrN4O3S/c1-28-30(16-13-19-35(28)50-25-14-26-51-54(8,9)43(5,6)7)31-21-22-37(45-38(31)40(49)52-42(2,3)4)47-24-23-29-15-12-17-32(33(29)27-47)39(48)46-41-44-34-18-10-11-20-36(34)53-41;1-27(2,3)35-25(34)23-19(28)11-12-22(30-23)32-14-13-16-7-6-8-17(18(16)15-32)24(33)31-26-29-20-9-4-5-10-21(20)36-26/h10-13,15-22H,14,23-27H2,1-9H3,(H,44,46,48);4-12H,13-15H2,1-3H3,(H,29,31,33). The van der Waals surface area contributed by atoms with Crippen molar-refractivity contribution in [3.63, 3.8) is 0 Å². The third-order valence-electron chi connectivity index (χ3n) is 16.0. The highest BCUT2D eigenvalue weighted by Crippen LogP contribution is 2.39. The first-order valence-electron chi connectivity index (χ1n) is 30.2. The number of fused-ring (bicyclic) bond motifs is 4. The van der Waals surface area contributed by atoms with Gasteiger partial charge in [0.2, 0.25) is 0 Å². The largest absolute Gasteiger partial charge is 0.493 e. The molecule has 0 aliphatic carbocycles. The number of rotatable bonds is 15. The number of carbonyl (C=O) groups is 4. The molecular formula is C70H77BrN8O8S2Si. The normalized spacial score (nSPS) is 13.4. The first-order valence-corrected chi connectivity index (χ1v) is 35.6. The Morgan fingerprint density at radius 3 is 1.57 bits per heavy atom. The molecule has 4 aromatic heterocycles. The minimum atomic E-state index is -1.83. The number of esters is 2. The summed E-state index contributed by atoms with van der Waals surface area (Å²) in [6, 6.07) is 40.8. The predicted molar refractivity (Wildman–Crippen MR) is 367 cm³/mol. The monoisotopic (exact) mass is 1330 g/mol. The Labute approximate surface area is 544 Å². The van der Waals surface area contributed by atoms with E-state index in [0.29, 0.717) is 75.9 Å². The van der Waals surface area contributed by atoms with Gasteiger partial charge in [0.25, 0.3) is 11.8 Å². The minimum absolute atomic E-state index is 0.157. The molecule has 2 amide bonds. The van der Waals surface area contributed by atoms with Gasteiger partial charge in [-0.2, -0.15) is 0 Å². The fourth-order valence-electron chi connectivity index (χ4n) is 10.4. The van der Waals surface area contributed by atoms with Gasteiger partial charge in [-0.15, -0.1) is 0 Å². The number of benzene rings is 5. The summed E-state index contributed by atoms with van der Waals surface area (Å²) in [5.41, 5.74) is 8.62. The SMILES string of the molecule is CC(C)(C)OC(=O)c1nc(N2CCc3cccc(C(=O)Nc4nc5ccccc5s4)c3C2)ccc1Br.Cc1c(OCCCO[Si](C)(C)C(C)(C)C)cccc1-c1ccc(N2CCc3cccc(C(=O)Nc4nc5ccccc5s4)c3C2)nc1C(=O)OC(C)(C)C. The van der Waals surface area contributed by atoms with Gasteiger partial charge in [-0.3, -0.25) is 20.2 Å². The van der Waals surface area contributed by atoms with Crippen LogP contribution in [-0.2, 0) is 39.8 Å². The van der Waals surface area contributed by atoms with Gasteiger partial charge in [0.1, 0.15) is 28.6 Å². The molecule has 0 spiro atoms. The second-order valence-corrected chi connectivity index (χ2v) is 33.6. The van der Waals surface area contributed by atoms with E-state index in [1.807, 2.05) is 164 Å². The number of ether oxygens (including phenoxy) is 3. The first kappa shape index (κ1) is 65.1. The Balaban J connectivity index is 0.000000214. The molecule has 90 heavy (non-hydrogen) atoms. The lowest BCUT2D eigenvalue weighted by Gasteiger charge is -2.36. The van der Waals surface area contributed by atoms with E-state index in [2.05, 4.69) is 97.3 Å². The molecule has 0 fully saturated rings. The second-order valence-electron chi connectivity index (χ2n) is 25.9. The van der Waals surface area contributed by atoms with Crippen LogP contribution in [0, 0.1) is 6.92 Å². The number of anilines is 4. The third-order valence-corrected chi connectivity index (χ3v) is 23.1. The van der Waals surface area contributed by atoms with E-state index in [1.165, 1.54) is 22.7 Å². The lowest BCUT2D eigenvalue weighted by Crippen LogP contribution is -2.41. The molecule has 9 aromatic rings. The summed E-state index contributed by atoms with van der Waals surface area (Å²) in [7, 11) is -1.83. The van der Waals surface area contributed by atoms with Crippen LogP contribution in [0.2, 0.25) is 18.1 Å². The highest BCUT2D eigenvalue weighted by Gasteiger charge is 2.37. The van der Waals surface area contributed by atoms with Crippen molar-refractivity contribution in [2.45, 2.75) is 131 Å². The van der Waals surface area contributed by atoms with Crippen LogP contribution in [0.15, 0.2) is 132 Å². The van der Waals surface area contributed by atoms with Crippen molar-refractivity contribution in [1.29, 1.82) is 0 Å². The van der Waals surface area contributed by atoms with E-state index in [-0.39, 0.29) is 28.2 Å². The number of nitrogens with one attached hydrogen (secondary N) is 2. The molecule has 0 saturated carbocycles. The number of amides is 2. The molecule has 468 valence electrons. The second kappa shape index (κ2) is 26.9. The van der Waals surface area contributed by atoms with Crippen molar-refractivity contribution in [3.8, 4) is 16.9 Å². The Bertz CT molecular complexity index is 4100. The molecule has 11 rings (SSSR count). The van der Waals surface area contributed by atoms with Crippen molar-refractivity contribution >= 4 is 113 Å². The summed E-state index contributed by atoms with van der Waals surface area (Å²) in [5, 5.41) is 7.29. The topological polar surface area (TPSA) is 187 Å². The van der Waals surface area contributed by atoms with Crippen LogP contribution in [0.25, 0.3) is 31.6 Å². The predicted octanol–water partition coefficient (Wildman–Crippen LogP) is 16.5. The van der Waals surface area contributed by atoms with Crippen molar-refractivity contribution in [2.24, 2.45) is 0 Å². The molecule has 0 radical (unpaired) electrons. The minimum Gasteiger partial charge on any atom is -0.493 e. The molecule has 2 aliphatic heterocycles. The van der Waals surface area contributed by atoms with Crippen LogP contribution in [0.5, 0.6) is 5.75 Å². The average Bonchev–Trinajstić information content (AvgIpc) is 1.00. The molecule has 16 nitrogen and oxygen atoms in total. The zero-order chi connectivity index (χ0) is 64.3. The van der Waals surface area contributed by atoms with Gasteiger partial charge in [0.05, 0.1) is 31.5 Å². The number of para-hydroxylation sites is 2. The van der Waals surface area contributed by atoms with E-state index in [4.69, 9.17) is 23.6 Å². The van der Waals surface area contributed by atoms with Crippen molar-refractivity contribution in [2.75, 3.05) is 46.7 Å². The Kier molecular flexibility index (Phi) is 19.5. The van der Waals surface area contributed by atoms with Crippen LogP contribution >= 0.6 is 38.6 Å². The Morgan fingerprint density at radius 1 is 0.567 bits per heavy atom. The maximum absolute atomic E-state index is 13.9. The fraction of sp³-hybridized carbons (Fsp3) is 0.343. The lowest BCUT2D eigenvalue weighted by atomic mass is 9.94. The molecule has 20 heteroatoms. The Hall–Kier alpha value is -7.88. The smallest absolute Gasteiger partial charge is 0.358 e. The maximum Gasteiger partial charge on any atom is 0.358 e. The van der Waals surface area contributed by atoms with Crippen molar-refractivity contribution in [3.05, 3.63) is 182 Å². The van der Waals surface area contributed by atoms with Gasteiger partial charge in [-0.05, 0) is 195 Å². The Morgan fingerprint density at radius 2 is 1.06 bits per heavy atom. The van der Waals surface area contributed by atoms with Gasteiger partial charge in [0, 0.05) is 55.9 Å². The quantitative estimate of drug-likeness (QED) is 0.0560. The van der Waals surface area contributed by atoms with E-state index in [0.717, 1.165) is 85.4 Å². The lowest BCUT2D eigenvalue weighted by molar-refractivity contribution is 0.00504. The van der Waals surface area contributed by atoms with Crippen molar-refractivity contribution < 1.29 is 37.8 Å². The number of hydrogen-bond acceptors (Lipinski definition) is 16. The number of thiazole rings is 2. The third kappa shape index (κ3) is 15.5.